The Bertz CT molecular complexity index is 1400. The van der Waals surface area contributed by atoms with E-state index in [1.54, 1.807) is 18.2 Å². The van der Waals surface area contributed by atoms with E-state index in [-0.39, 0.29) is 0 Å². The second-order valence-corrected chi connectivity index (χ2v) is 9.57. The van der Waals surface area contributed by atoms with Gasteiger partial charge in [-0.2, -0.15) is 0 Å². The van der Waals surface area contributed by atoms with E-state index in [1.165, 1.54) is 12.2 Å². The molecular formula is C29H22O8. The smallest absolute Gasteiger partial charge is 0.325 e. The first-order chi connectivity index (χ1) is 17.6. The van der Waals surface area contributed by atoms with Crippen LogP contribution in [0.5, 0.6) is 0 Å². The molecule has 8 nitrogen and oxygen atoms in total. The number of carboxylic acids is 4. The fourth-order valence-electron chi connectivity index (χ4n) is 5.50. The third-order valence-corrected chi connectivity index (χ3v) is 7.65. The van der Waals surface area contributed by atoms with Crippen molar-refractivity contribution in [1.82, 2.24) is 0 Å². The minimum absolute atomic E-state index is 0.392. The Kier molecular flexibility index (Phi) is 5.29. The van der Waals surface area contributed by atoms with Gasteiger partial charge in [-0.3, -0.25) is 19.2 Å². The summed E-state index contributed by atoms with van der Waals surface area (Å²) in [7, 11) is 0. The number of carbonyl (C=O) groups is 4. The maximum absolute atomic E-state index is 12.2. The molecule has 186 valence electrons. The van der Waals surface area contributed by atoms with E-state index >= 15 is 0 Å². The molecular weight excluding hydrogens is 476 g/mol. The number of carboxylic acid groups (broad SMARTS) is 4. The molecule has 4 aliphatic rings. The average molecular weight is 498 g/mol. The van der Waals surface area contributed by atoms with Gasteiger partial charge >= 0.3 is 23.9 Å². The summed E-state index contributed by atoms with van der Waals surface area (Å²) < 4.78 is 0. The zero-order valence-electron chi connectivity index (χ0n) is 19.4. The van der Waals surface area contributed by atoms with Gasteiger partial charge in [-0.25, -0.2) is 0 Å². The Hall–Kier alpha value is -4.72. The number of fused-ring (bicyclic) bond motifs is 3. The molecule has 0 fully saturated rings. The standard InChI is InChI=1S/C29H22O8/c30-23(31)28(24(32)33)10-3-6-19(14-28)27(20-7-4-11-29(15-20,25(34)35)26(36)37)12-9-18-13-17-5-1-2-8-21(17)22(18)16-27/h1-13,16H,14-15H2,(H,30,31)(H,32,33)(H,34,35)(H,36,37). The summed E-state index contributed by atoms with van der Waals surface area (Å²) in [6.45, 7) is 0. The summed E-state index contributed by atoms with van der Waals surface area (Å²) >= 11 is 0. The Morgan fingerprint density at radius 3 is 1.73 bits per heavy atom. The third-order valence-electron chi connectivity index (χ3n) is 7.65. The van der Waals surface area contributed by atoms with E-state index in [4.69, 9.17) is 0 Å². The van der Waals surface area contributed by atoms with Crippen molar-refractivity contribution in [3.05, 3.63) is 107 Å². The molecule has 0 aliphatic heterocycles. The number of rotatable bonds is 6. The second-order valence-electron chi connectivity index (χ2n) is 9.57. The number of hydrogen-bond donors (Lipinski definition) is 4. The Balaban J connectivity index is 1.73. The van der Waals surface area contributed by atoms with Gasteiger partial charge in [0.2, 0.25) is 0 Å². The van der Waals surface area contributed by atoms with Gasteiger partial charge in [0, 0.05) is 12.8 Å². The molecule has 0 saturated carbocycles. The highest BCUT2D eigenvalue weighted by atomic mass is 16.4. The molecule has 0 radical (unpaired) electrons. The predicted octanol–water partition coefficient (Wildman–Crippen LogP) is 4.11. The summed E-state index contributed by atoms with van der Waals surface area (Å²) in [5.41, 5.74) is -1.32. The van der Waals surface area contributed by atoms with Gasteiger partial charge in [-0.15, -0.1) is 0 Å². The van der Waals surface area contributed by atoms with Crippen LogP contribution in [0.15, 0.2) is 95.7 Å². The predicted molar refractivity (Wildman–Crippen MR) is 133 cm³/mol. The third kappa shape index (κ3) is 3.36. The Labute approximate surface area is 211 Å². The summed E-state index contributed by atoms with van der Waals surface area (Å²) in [5.74, 6) is -6.11. The lowest BCUT2D eigenvalue weighted by atomic mass is 9.60. The Morgan fingerprint density at radius 2 is 1.22 bits per heavy atom. The van der Waals surface area contributed by atoms with Gasteiger partial charge in [-0.1, -0.05) is 90.1 Å². The summed E-state index contributed by atoms with van der Waals surface area (Å²) in [6, 6.07) is 7.65. The molecule has 0 amide bonds. The highest BCUT2D eigenvalue weighted by molar-refractivity contribution is 6.03. The molecule has 4 N–H and O–H groups in total. The monoisotopic (exact) mass is 498 g/mol. The lowest BCUT2D eigenvalue weighted by Gasteiger charge is -2.42. The molecule has 0 spiro atoms. The lowest BCUT2D eigenvalue weighted by molar-refractivity contribution is -0.162. The van der Waals surface area contributed by atoms with Gasteiger partial charge in [-0.05, 0) is 28.3 Å². The van der Waals surface area contributed by atoms with E-state index < -0.39 is 53.0 Å². The molecule has 0 heterocycles. The van der Waals surface area contributed by atoms with Crippen LogP contribution in [0.4, 0.5) is 0 Å². The largest absolute Gasteiger partial charge is 0.480 e. The van der Waals surface area contributed by atoms with Crippen molar-refractivity contribution in [2.24, 2.45) is 16.2 Å². The molecule has 1 aromatic rings. The van der Waals surface area contributed by atoms with E-state index in [1.807, 2.05) is 42.5 Å². The number of aliphatic carboxylic acids is 4. The molecule has 0 aromatic heterocycles. The van der Waals surface area contributed by atoms with Gasteiger partial charge in [0.25, 0.3) is 0 Å². The number of benzene rings is 1. The van der Waals surface area contributed by atoms with Gasteiger partial charge < -0.3 is 20.4 Å². The van der Waals surface area contributed by atoms with E-state index in [2.05, 4.69) is 0 Å². The van der Waals surface area contributed by atoms with Crippen LogP contribution in [0.3, 0.4) is 0 Å². The topological polar surface area (TPSA) is 149 Å². The van der Waals surface area contributed by atoms with Gasteiger partial charge in [0.1, 0.15) is 0 Å². The van der Waals surface area contributed by atoms with Crippen molar-refractivity contribution in [1.29, 1.82) is 0 Å². The van der Waals surface area contributed by atoms with E-state index in [0.29, 0.717) is 11.1 Å². The molecule has 0 unspecified atom stereocenters. The fraction of sp³-hybridized carbons (Fsp3) is 0.172. The Morgan fingerprint density at radius 1 is 0.703 bits per heavy atom. The summed E-state index contributed by atoms with van der Waals surface area (Å²) in [6.07, 6.45) is 14.9. The minimum Gasteiger partial charge on any atom is -0.480 e. The second kappa shape index (κ2) is 8.16. The zero-order chi connectivity index (χ0) is 26.6. The van der Waals surface area contributed by atoms with E-state index in [0.717, 1.165) is 34.4 Å². The van der Waals surface area contributed by atoms with Crippen LogP contribution in [0.1, 0.15) is 24.0 Å². The molecule has 0 saturated heterocycles. The fourth-order valence-corrected chi connectivity index (χ4v) is 5.50. The van der Waals surface area contributed by atoms with Crippen LogP contribution in [0, 0.1) is 16.2 Å². The zero-order valence-corrected chi connectivity index (χ0v) is 19.4. The molecule has 37 heavy (non-hydrogen) atoms. The first kappa shape index (κ1) is 24.0. The number of allylic oxidation sites excluding steroid dienone is 11. The quantitative estimate of drug-likeness (QED) is 0.428. The summed E-state index contributed by atoms with van der Waals surface area (Å²) in [4.78, 5) is 48.7. The lowest BCUT2D eigenvalue weighted by Crippen LogP contribution is -2.43. The molecule has 0 bridgehead atoms. The van der Waals surface area contributed by atoms with Gasteiger partial charge in [0.05, 0.1) is 5.41 Å². The highest BCUT2D eigenvalue weighted by Crippen LogP contribution is 2.55. The van der Waals surface area contributed by atoms with Gasteiger partial charge in [0.15, 0.2) is 10.8 Å². The molecule has 8 heteroatoms. The molecule has 1 aromatic carbocycles. The van der Waals surface area contributed by atoms with Crippen molar-refractivity contribution in [3.63, 3.8) is 0 Å². The van der Waals surface area contributed by atoms with Crippen LogP contribution < -0.4 is 0 Å². The number of hydrogen-bond acceptors (Lipinski definition) is 4. The minimum atomic E-state index is -2.23. The van der Waals surface area contributed by atoms with Crippen LogP contribution in [-0.4, -0.2) is 44.3 Å². The van der Waals surface area contributed by atoms with Crippen molar-refractivity contribution in [3.8, 4) is 0 Å². The van der Waals surface area contributed by atoms with Crippen LogP contribution in [-0.2, 0) is 19.2 Å². The molecule has 4 aliphatic carbocycles. The maximum Gasteiger partial charge on any atom is 0.325 e. The molecule has 5 rings (SSSR count). The first-order valence-electron chi connectivity index (χ1n) is 11.5. The normalized spacial score (nSPS) is 21.5. The SMILES string of the molecule is O=C(O)C1(C(=O)O)C=CC=C(C2(C3=CC=CC(C(=O)O)(C(=O)O)C3)C=CC3=Cc4ccccc4C3=C2)C1. The van der Waals surface area contributed by atoms with E-state index in [9.17, 15) is 39.6 Å². The maximum atomic E-state index is 12.2. The van der Waals surface area contributed by atoms with Crippen molar-refractivity contribution >= 4 is 35.5 Å². The molecule has 0 atom stereocenters. The van der Waals surface area contributed by atoms with Crippen molar-refractivity contribution in [2.75, 3.05) is 0 Å². The first-order valence-corrected chi connectivity index (χ1v) is 11.5. The highest BCUT2D eigenvalue weighted by Gasteiger charge is 2.53. The average Bonchev–Trinajstić information content (AvgIpc) is 3.25. The summed E-state index contributed by atoms with van der Waals surface area (Å²) in [5, 5.41) is 39.6. The van der Waals surface area contributed by atoms with Crippen molar-refractivity contribution < 1.29 is 39.6 Å². The van der Waals surface area contributed by atoms with Crippen LogP contribution >= 0.6 is 0 Å². The van der Waals surface area contributed by atoms with Crippen molar-refractivity contribution in [2.45, 2.75) is 12.8 Å². The van der Waals surface area contributed by atoms with Crippen LogP contribution in [0.25, 0.3) is 11.6 Å². The van der Waals surface area contributed by atoms with Crippen LogP contribution in [0.2, 0.25) is 0 Å².